The van der Waals surface area contributed by atoms with Crippen molar-refractivity contribution in [3.05, 3.63) is 12.2 Å². The summed E-state index contributed by atoms with van der Waals surface area (Å²) in [4.78, 5) is 36.6. The van der Waals surface area contributed by atoms with E-state index in [-0.39, 0.29) is 24.8 Å². The molecule has 2 rings (SSSR count). The molecule has 0 bridgehead atoms. The van der Waals surface area contributed by atoms with Gasteiger partial charge in [-0.25, -0.2) is 0 Å². The van der Waals surface area contributed by atoms with E-state index in [4.69, 9.17) is 9.47 Å². The molecule has 1 fully saturated rings. The van der Waals surface area contributed by atoms with Gasteiger partial charge in [0.05, 0.1) is 13.0 Å². The van der Waals surface area contributed by atoms with Crippen LogP contribution in [0.3, 0.4) is 0 Å². The largest absolute Gasteiger partial charge is 0.433 e. The normalized spacial score (nSPS) is 25.7. The average Bonchev–Trinajstić information content (AvgIpc) is 2.64. The van der Waals surface area contributed by atoms with E-state index in [1.54, 1.807) is 6.92 Å². The van der Waals surface area contributed by atoms with Gasteiger partial charge >= 0.3 is 5.97 Å². The molecule has 0 aromatic rings. The summed E-state index contributed by atoms with van der Waals surface area (Å²) >= 11 is 0. The average molecular weight is 296 g/mol. The molecule has 0 aromatic heterocycles. The molecule has 7 nitrogen and oxygen atoms in total. The third-order valence-electron chi connectivity index (χ3n) is 3.34. The first-order valence-electron chi connectivity index (χ1n) is 7.13. The summed E-state index contributed by atoms with van der Waals surface area (Å²) in [5, 5.41) is 2.70. The second-order valence-electron chi connectivity index (χ2n) is 4.98. The van der Waals surface area contributed by atoms with Crippen LogP contribution in [0.5, 0.6) is 0 Å². The lowest BCUT2D eigenvalue weighted by Crippen LogP contribution is -2.47. The van der Waals surface area contributed by atoms with Crippen molar-refractivity contribution in [3.8, 4) is 0 Å². The molecule has 0 spiro atoms. The van der Waals surface area contributed by atoms with Crippen LogP contribution in [0.4, 0.5) is 0 Å². The molecule has 2 aliphatic rings. The summed E-state index contributed by atoms with van der Waals surface area (Å²) in [6.07, 6.45) is 4.27. The van der Waals surface area contributed by atoms with Gasteiger partial charge in [-0.1, -0.05) is 12.2 Å². The van der Waals surface area contributed by atoms with Crippen molar-refractivity contribution in [1.29, 1.82) is 0 Å². The minimum atomic E-state index is -0.744. The topological polar surface area (TPSA) is 84.9 Å². The summed E-state index contributed by atoms with van der Waals surface area (Å²) < 4.78 is 10.2. The number of amides is 2. The zero-order chi connectivity index (χ0) is 15.2. The van der Waals surface area contributed by atoms with E-state index in [1.807, 2.05) is 12.2 Å². The van der Waals surface area contributed by atoms with Crippen LogP contribution in [0.25, 0.3) is 0 Å². The van der Waals surface area contributed by atoms with Crippen molar-refractivity contribution >= 4 is 17.8 Å². The lowest BCUT2D eigenvalue weighted by atomic mass is 10.2. The maximum absolute atomic E-state index is 12.0. The summed E-state index contributed by atoms with van der Waals surface area (Å²) in [5.41, 5.74) is 0. The fourth-order valence-corrected chi connectivity index (χ4v) is 2.33. The molecule has 0 aromatic carbocycles. The highest BCUT2D eigenvalue weighted by molar-refractivity contribution is 5.86. The summed E-state index contributed by atoms with van der Waals surface area (Å²) in [7, 11) is 0. The first-order valence-corrected chi connectivity index (χ1v) is 7.13. The number of ether oxygens (including phenoxy) is 2. The van der Waals surface area contributed by atoms with Gasteiger partial charge in [0.25, 0.3) is 0 Å². The number of hydrogen-bond donors (Lipinski definition) is 1. The van der Waals surface area contributed by atoms with E-state index < -0.39 is 18.3 Å². The van der Waals surface area contributed by atoms with Crippen LogP contribution in [0.1, 0.15) is 26.2 Å². The van der Waals surface area contributed by atoms with E-state index in [0.717, 1.165) is 0 Å². The molecular weight excluding hydrogens is 276 g/mol. The van der Waals surface area contributed by atoms with E-state index in [0.29, 0.717) is 26.0 Å². The minimum absolute atomic E-state index is 0.0211. The van der Waals surface area contributed by atoms with Crippen LogP contribution >= 0.6 is 0 Å². The number of cyclic esters (lactones) is 1. The van der Waals surface area contributed by atoms with Gasteiger partial charge in [0.1, 0.15) is 6.04 Å². The highest BCUT2D eigenvalue weighted by Crippen LogP contribution is 2.16. The van der Waals surface area contributed by atoms with Gasteiger partial charge < -0.3 is 19.7 Å². The van der Waals surface area contributed by atoms with Crippen LogP contribution in [-0.2, 0) is 23.9 Å². The fraction of sp³-hybridized carbons (Fsp3) is 0.643. The van der Waals surface area contributed by atoms with Gasteiger partial charge in [0.15, 0.2) is 0 Å². The first kappa shape index (κ1) is 15.5. The Bertz CT molecular complexity index is 449. The Kier molecular flexibility index (Phi) is 5.32. The molecule has 2 aliphatic heterocycles. The predicted octanol–water partition coefficient (Wildman–Crippen LogP) is -0.0407. The lowest BCUT2D eigenvalue weighted by Gasteiger charge is -2.22. The molecule has 1 N–H and O–H groups in total. The molecule has 0 saturated carbocycles. The summed E-state index contributed by atoms with van der Waals surface area (Å²) in [6.45, 7) is 2.58. The Morgan fingerprint density at radius 3 is 3.05 bits per heavy atom. The maximum atomic E-state index is 12.0. The van der Waals surface area contributed by atoms with E-state index in [9.17, 15) is 14.4 Å². The molecule has 2 amide bonds. The minimum Gasteiger partial charge on any atom is -0.433 e. The number of nitrogens with one attached hydrogen (secondary N) is 1. The van der Waals surface area contributed by atoms with Crippen LogP contribution in [0, 0.1) is 0 Å². The standard InChI is InChI=1S/C14H20N2O5/c1-2-20-14-10(8-13(19)21-14)15-11(17)9-16-7-5-3-4-6-12(16)18/h3,5,10,14H,2,4,6-9H2,1H3,(H,15,17). The predicted molar refractivity (Wildman–Crippen MR) is 73.0 cm³/mol. The van der Waals surface area contributed by atoms with Gasteiger partial charge in [-0.3, -0.25) is 14.4 Å². The number of rotatable bonds is 5. The van der Waals surface area contributed by atoms with E-state index in [1.165, 1.54) is 4.90 Å². The number of allylic oxidation sites excluding steroid dienone is 1. The van der Waals surface area contributed by atoms with Crippen LogP contribution < -0.4 is 5.32 Å². The van der Waals surface area contributed by atoms with Gasteiger partial charge in [-0.05, 0) is 13.3 Å². The van der Waals surface area contributed by atoms with Crippen LogP contribution in [-0.4, -0.2) is 54.7 Å². The van der Waals surface area contributed by atoms with Crippen LogP contribution in [0.15, 0.2) is 12.2 Å². The van der Waals surface area contributed by atoms with Crippen molar-refractivity contribution < 1.29 is 23.9 Å². The van der Waals surface area contributed by atoms with Crippen molar-refractivity contribution in [2.45, 2.75) is 38.5 Å². The first-order chi connectivity index (χ1) is 10.1. The summed E-state index contributed by atoms with van der Waals surface area (Å²) in [5.74, 6) is -0.755. The molecule has 7 heteroatoms. The number of carbonyl (C=O) groups excluding carboxylic acids is 3. The third kappa shape index (κ3) is 4.29. The fourth-order valence-electron chi connectivity index (χ4n) is 2.33. The van der Waals surface area contributed by atoms with Gasteiger partial charge in [0.2, 0.25) is 18.1 Å². The quantitative estimate of drug-likeness (QED) is 0.568. The molecule has 0 radical (unpaired) electrons. The molecular formula is C14H20N2O5. The smallest absolute Gasteiger partial charge is 0.310 e. The zero-order valence-corrected chi connectivity index (χ0v) is 12.0. The maximum Gasteiger partial charge on any atom is 0.310 e. The van der Waals surface area contributed by atoms with Gasteiger partial charge in [0, 0.05) is 19.6 Å². The Balaban J connectivity index is 1.87. The third-order valence-corrected chi connectivity index (χ3v) is 3.34. The number of esters is 1. The van der Waals surface area contributed by atoms with E-state index in [2.05, 4.69) is 5.32 Å². The molecule has 2 heterocycles. The highest BCUT2D eigenvalue weighted by atomic mass is 16.7. The Labute approximate surface area is 123 Å². The number of carbonyl (C=O) groups is 3. The van der Waals surface area contributed by atoms with E-state index >= 15 is 0 Å². The molecule has 116 valence electrons. The lowest BCUT2D eigenvalue weighted by molar-refractivity contribution is -0.164. The van der Waals surface area contributed by atoms with Crippen molar-refractivity contribution in [3.63, 3.8) is 0 Å². The van der Waals surface area contributed by atoms with Crippen LogP contribution in [0.2, 0.25) is 0 Å². The van der Waals surface area contributed by atoms with Gasteiger partial charge in [-0.2, -0.15) is 0 Å². The van der Waals surface area contributed by atoms with Crippen molar-refractivity contribution in [2.24, 2.45) is 0 Å². The SMILES string of the molecule is CCOC1OC(=O)CC1NC(=O)CN1CC=CCCC1=O. The second kappa shape index (κ2) is 7.21. The Hall–Kier alpha value is -1.89. The molecule has 0 aliphatic carbocycles. The molecule has 1 saturated heterocycles. The van der Waals surface area contributed by atoms with Crippen molar-refractivity contribution in [2.75, 3.05) is 19.7 Å². The summed E-state index contributed by atoms with van der Waals surface area (Å²) in [6, 6.07) is -0.498. The van der Waals surface area contributed by atoms with Gasteiger partial charge in [-0.15, -0.1) is 0 Å². The molecule has 2 unspecified atom stereocenters. The Morgan fingerprint density at radius 1 is 1.48 bits per heavy atom. The van der Waals surface area contributed by atoms with Crippen molar-refractivity contribution in [1.82, 2.24) is 10.2 Å². The molecule has 2 atom stereocenters. The zero-order valence-electron chi connectivity index (χ0n) is 12.0. The molecule has 21 heavy (non-hydrogen) atoms. The second-order valence-corrected chi connectivity index (χ2v) is 4.98. The highest BCUT2D eigenvalue weighted by Gasteiger charge is 2.36. The monoisotopic (exact) mass is 296 g/mol. The number of hydrogen-bond acceptors (Lipinski definition) is 5. The number of nitrogens with zero attached hydrogens (tertiary/aromatic N) is 1. The Morgan fingerprint density at radius 2 is 2.29 bits per heavy atom.